The van der Waals surface area contributed by atoms with E-state index in [1.807, 2.05) is 13.8 Å². The van der Waals surface area contributed by atoms with Crippen LogP contribution in [0.1, 0.15) is 24.3 Å². The molecule has 0 aliphatic heterocycles. The molecule has 0 saturated heterocycles. The van der Waals surface area contributed by atoms with Crippen molar-refractivity contribution in [3.05, 3.63) is 28.2 Å². The molecule has 0 aliphatic rings. The van der Waals surface area contributed by atoms with Crippen LogP contribution in [-0.2, 0) is 11.3 Å². The molecule has 20 heavy (non-hydrogen) atoms. The predicted molar refractivity (Wildman–Crippen MR) is 73.6 cm³/mol. The minimum atomic E-state index is -0.403. The number of hydrogen-bond donors (Lipinski definition) is 2. The smallest absolute Gasteiger partial charge is 0.271 e. The van der Waals surface area contributed by atoms with Crippen molar-refractivity contribution in [1.29, 1.82) is 0 Å². The number of rotatable bonds is 7. The van der Waals surface area contributed by atoms with E-state index in [9.17, 15) is 9.59 Å². The number of hydrogen-bond acceptors (Lipinski definition) is 5. The minimum absolute atomic E-state index is 0.0337. The zero-order chi connectivity index (χ0) is 15.2. The molecule has 1 aromatic rings. The number of nitrogens with zero attached hydrogens (tertiary/aromatic N) is 2. The van der Waals surface area contributed by atoms with Crippen LogP contribution < -0.4 is 10.9 Å². The van der Waals surface area contributed by atoms with Crippen LogP contribution >= 0.6 is 0 Å². The van der Waals surface area contributed by atoms with E-state index in [1.165, 1.54) is 23.9 Å². The summed E-state index contributed by atoms with van der Waals surface area (Å²) in [6, 6.07) is 2.68. The maximum absolute atomic E-state index is 11.9. The summed E-state index contributed by atoms with van der Waals surface area (Å²) in [6.07, 6.45) is 0. The third-order valence-corrected chi connectivity index (χ3v) is 2.76. The lowest BCUT2D eigenvalue weighted by molar-refractivity contribution is 0.0902. The van der Waals surface area contributed by atoms with Gasteiger partial charge in [0, 0.05) is 31.7 Å². The van der Waals surface area contributed by atoms with Gasteiger partial charge in [-0.1, -0.05) is 13.8 Å². The molecule has 0 bridgehead atoms. The molecule has 0 radical (unpaired) electrons. The maximum Gasteiger partial charge on any atom is 0.271 e. The average Bonchev–Trinajstić information content (AvgIpc) is 2.44. The van der Waals surface area contributed by atoms with Crippen molar-refractivity contribution >= 4 is 5.91 Å². The molecule has 0 aliphatic carbocycles. The van der Waals surface area contributed by atoms with Gasteiger partial charge >= 0.3 is 0 Å². The first-order valence-electron chi connectivity index (χ1n) is 6.36. The normalized spacial score (nSPS) is 11.4. The van der Waals surface area contributed by atoms with E-state index < -0.39 is 5.41 Å². The summed E-state index contributed by atoms with van der Waals surface area (Å²) in [5.74, 6) is -0.377. The Morgan fingerprint density at radius 1 is 1.50 bits per heavy atom. The van der Waals surface area contributed by atoms with Gasteiger partial charge in [-0.05, 0) is 6.07 Å². The van der Waals surface area contributed by atoms with Gasteiger partial charge in [0.1, 0.15) is 5.69 Å². The molecule has 7 nitrogen and oxygen atoms in total. The van der Waals surface area contributed by atoms with Gasteiger partial charge in [0.2, 0.25) is 0 Å². The summed E-state index contributed by atoms with van der Waals surface area (Å²) < 4.78 is 6.07. The molecular weight excluding hydrogens is 262 g/mol. The van der Waals surface area contributed by atoms with Gasteiger partial charge in [-0.2, -0.15) is 5.10 Å². The van der Waals surface area contributed by atoms with Crippen LogP contribution in [0.2, 0.25) is 0 Å². The lowest BCUT2D eigenvalue weighted by atomic mass is 9.95. The molecule has 2 N–H and O–H groups in total. The lowest BCUT2D eigenvalue weighted by Gasteiger charge is -2.21. The van der Waals surface area contributed by atoms with Gasteiger partial charge in [0.05, 0.1) is 13.2 Å². The van der Waals surface area contributed by atoms with Crippen molar-refractivity contribution in [3.63, 3.8) is 0 Å². The summed E-state index contributed by atoms with van der Waals surface area (Å²) in [7, 11) is 1.53. The summed E-state index contributed by atoms with van der Waals surface area (Å²) in [6.45, 7) is 4.59. The lowest BCUT2D eigenvalue weighted by Crippen LogP contribution is -2.37. The number of aliphatic hydroxyl groups excluding tert-OH is 1. The molecule has 0 aromatic carbocycles. The monoisotopic (exact) mass is 283 g/mol. The predicted octanol–water partition coefficient (Wildman–Crippen LogP) is -0.362. The maximum atomic E-state index is 11.9. The van der Waals surface area contributed by atoms with Gasteiger partial charge in [-0.15, -0.1) is 0 Å². The highest BCUT2D eigenvalue weighted by atomic mass is 16.5. The van der Waals surface area contributed by atoms with Crippen molar-refractivity contribution in [2.75, 3.05) is 26.9 Å². The van der Waals surface area contributed by atoms with E-state index in [0.29, 0.717) is 19.7 Å². The number of amides is 1. The Morgan fingerprint density at radius 2 is 2.20 bits per heavy atom. The second kappa shape index (κ2) is 7.16. The van der Waals surface area contributed by atoms with E-state index >= 15 is 0 Å². The highest BCUT2D eigenvalue weighted by Crippen LogP contribution is 2.11. The van der Waals surface area contributed by atoms with Gasteiger partial charge in [0.25, 0.3) is 11.5 Å². The van der Waals surface area contributed by atoms with Crippen molar-refractivity contribution in [2.45, 2.75) is 20.4 Å². The molecule has 0 unspecified atom stereocenters. The number of carbonyl (C=O) groups is 1. The van der Waals surface area contributed by atoms with Crippen LogP contribution in [0.5, 0.6) is 0 Å². The molecule has 1 heterocycles. The van der Waals surface area contributed by atoms with E-state index in [2.05, 4.69) is 10.4 Å². The Balaban J connectivity index is 2.76. The van der Waals surface area contributed by atoms with E-state index in [1.54, 1.807) is 0 Å². The zero-order valence-corrected chi connectivity index (χ0v) is 12.0. The number of methoxy groups -OCH3 is 1. The number of nitrogens with one attached hydrogen (secondary N) is 1. The highest BCUT2D eigenvalue weighted by molar-refractivity contribution is 5.92. The molecule has 1 amide bonds. The van der Waals surface area contributed by atoms with Crippen LogP contribution in [0.4, 0.5) is 0 Å². The van der Waals surface area contributed by atoms with Gasteiger partial charge < -0.3 is 15.2 Å². The van der Waals surface area contributed by atoms with Crippen molar-refractivity contribution in [3.8, 4) is 0 Å². The van der Waals surface area contributed by atoms with Crippen molar-refractivity contribution < 1.29 is 14.6 Å². The molecular formula is C13H21N3O4. The van der Waals surface area contributed by atoms with Crippen molar-refractivity contribution in [1.82, 2.24) is 15.1 Å². The fraction of sp³-hybridized carbons (Fsp3) is 0.615. The Hall–Kier alpha value is -1.73. The first-order valence-corrected chi connectivity index (χ1v) is 6.36. The third-order valence-electron chi connectivity index (χ3n) is 2.76. The van der Waals surface area contributed by atoms with E-state index in [-0.39, 0.29) is 23.8 Å². The van der Waals surface area contributed by atoms with Gasteiger partial charge in [-0.25, -0.2) is 4.68 Å². The second-order valence-electron chi connectivity index (χ2n) is 5.28. The molecule has 0 fully saturated rings. The Bertz CT molecular complexity index is 511. The van der Waals surface area contributed by atoms with Gasteiger partial charge in [-0.3, -0.25) is 9.59 Å². The van der Waals surface area contributed by atoms with Crippen LogP contribution in [-0.4, -0.2) is 47.7 Å². The SMILES string of the molecule is COCCn1nc(C(=O)NCC(C)(C)CO)ccc1=O. The number of aliphatic hydroxyl groups is 1. The quantitative estimate of drug-likeness (QED) is 0.712. The standard InChI is InChI=1S/C13H21N3O4/c1-13(2,9-17)8-14-12(19)10-4-5-11(18)16(15-10)6-7-20-3/h4-5,17H,6-9H2,1-3H3,(H,14,19). The van der Waals surface area contributed by atoms with Gasteiger partial charge in [0.15, 0.2) is 0 Å². The molecule has 1 aromatic heterocycles. The fourth-order valence-electron chi connectivity index (χ4n) is 1.37. The van der Waals surface area contributed by atoms with Crippen LogP contribution in [0.15, 0.2) is 16.9 Å². The second-order valence-corrected chi connectivity index (χ2v) is 5.28. The highest BCUT2D eigenvalue weighted by Gasteiger charge is 2.18. The summed E-state index contributed by atoms with van der Waals surface area (Å²) in [5, 5.41) is 15.8. The Labute approximate surface area is 117 Å². The third kappa shape index (κ3) is 4.75. The summed E-state index contributed by atoms with van der Waals surface area (Å²) >= 11 is 0. The molecule has 112 valence electrons. The summed E-state index contributed by atoms with van der Waals surface area (Å²) in [5.41, 5.74) is -0.524. The molecule has 1 rings (SSSR count). The molecule has 0 spiro atoms. The Kier molecular flexibility index (Phi) is 5.84. The first kappa shape index (κ1) is 16.3. The minimum Gasteiger partial charge on any atom is -0.396 e. The van der Waals surface area contributed by atoms with Crippen LogP contribution in [0.3, 0.4) is 0 Å². The summed E-state index contributed by atoms with van der Waals surface area (Å²) in [4.78, 5) is 23.5. The number of ether oxygens (including phenoxy) is 1. The van der Waals surface area contributed by atoms with E-state index in [0.717, 1.165) is 0 Å². The average molecular weight is 283 g/mol. The molecule has 0 atom stereocenters. The van der Waals surface area contributed by atoms with E-state index in [4.69, 9.17) is 9.84 Å². The number of aromatic nitrogens is 2. The zero-order valence-electron chi connectivity index (χ0n) is 12.0. The largest absolute Gasteiger partial charge is 0.396 e. The molecule has 7 heteroatoms. The Morgan fingerprint density at radius 3 is 2.80 bits per heavy atom. The first-order chi connectivity index (χ1) is 9.39. The fourth-order valence-corrected chi connectivity index (χ4v) is 1.37. The van der Waals surface area contributed by atoms with Crippen LogP contribution in [0.25, 0.3) is 0 Å². The number of carbonyl (C=O) groups excluding carboxylic acids is 1. The molecule has 0 saturated carbocycles. The van der Waals surface area contributed by atoms with Crippen molar-refractivity contribution in [2.24, 2.45) is 5.41 Å². The van der Waals surface area contributed by atoms with Crippen LogP contribution in [0, 0.1) is 5.41 Å². The topological polar surface area (TPSA) is 93.5 Å².